The molecule has 0 saturated carbocycles. The van der Waals surface area contributed by atoms with Crippen LogP contribution in [0.3, 0.4) is 0 Å². The smallest absolute Gasteiger partial charge is 0.251 e. The number of hydrogen-bond donors (Lipinski definition) is 4. The molecule has 5 rings (SSSR count). The Kier molecular flexibility index (Phi) is 5.46. The highest BCUT2D eigenvalue weighted by Crippen LogP contribution is 2.19. The Morgan fingerprint density at radius 1 is 1.15 bits per heavy atom. The van der Waals surface area contributed by atoms with E-state index in [2.05, 4.69) is 46.0 Å². The van der Waals surface area contributed by atoms with Crippen LogP contribution in [0.1, 0.15) is 51.7 Å². The quantitative estimate of drug-likeness (QED) is 0.286. The molecule has 4 aromatic heterocycles. The third kappa shape index (κ3) is 4.46. The molecule has 34 heavy (non-hydrogen) atoms. The van der Waals surface area contributed by atoms with Gasteiger partial charge in [0.1, 0.15) is 17.2 Å². The lowest BCUT2D eigenvalue weighted by Gasteiger charge is -2.11. The van der Waals surface area contributed by atoms with Crippen LogP contribution in [-0.2, 0) is 13.0 Å². The van der Waals surface area contributed by atoms with Crippen LogP contribution in [0.4, 0.5) is 5.82 Å². The van der Waals surface area contributed by atoms with E-state index in [1.165, 1.54) is 0 Å². The molecule has 0 aliphatic heterocycles. The molecule has 12 nitrogen and oxygen atoms in total. The van der Waals surface area contributed by atoms with Crippen LogP contribution in [0.5, 0.6) is 0 Å². The Morgan fingerprint density at radius 3 is 2.74 bits per heavy atom. The lowest BCUT2D eigenvalue weighted by Crippen LogP contribution is -2.27. The number of nitrogens with zero attached hydrogens (tertiary/aromatic N) is 7. The number of amides is 1. The zero-order valence-electron chi connectivity index (χ0n) is 18.6. The summed E-state index contributed by atoms with van der Waals surface area (Å²) in [5, 5.41) is 25.0. The van der Waals surface area contributed by atoms with E-state index >= 15 is 0 Å². The first-order valence-corrected chi connectivity index (χ1v) is 10.7. The van der Waals surface area contributed by atoms with Crippen molar-refractivity contribution < 1.29 is 4.79 Å². The van der Waals surface area contributed by atoms with Crippen LogP contribution in [0.2, 0.25) is 0 Å². The topological polar surface area (TPSA) is 169 Å². The summed E-state index contributed by atoms with van der Waals surface area (Å²) in [6.07, 6.45) is 4.40. The number of H-pyrrole nitrogens is 2. The molecule has 172 valence electrons. The fourth-order valence-electron chi connectivity index (χ4n) is 3.71. The Balaban J connectivity index is 1.22. The minimum absolute atomic E-state index is 0.182. The maximum atomic E-state index is 12.6. The highest BCUT2D eigenvalue weighted by molar-refractivity contribution is 5.94. The summed E-state index contributed by atoms with van der Waals surface area (Å²) in [7, 11) is 0. The fourth-order valence-corrected chi connectivity index (χ4v) is 3.71. The molecule has 12 heteroatoms. The van der Waals surface area contributed by atoms with E-state index in [-0.39, 0.29) is 11.9 Å². The summed E-state index contributed by atoms with van der Waals surface area (Å²) in [5.41, 5.74) is 10.6. The summed E-state index contributed by atoms with van der Waals surface area (Å²) in [4.78, 5) is 21.0. The molecule has 0 spiro atoms. The number of anilines is 1. The van der Waals surface area contributed by atoms with E-state index in [1.54, 1.807) is 18.2 Å². The average molecular weight is 458 g/mol. The van der Waals surface area contributed by atoms with Crippen LogP contribution in [0.15, 0.2) is 42.7 Å². The number of aromatic nitrogens is 9. The van der Waals surface area contributed by atoms with E-state index in [1.807, 2.05) is 43.1 Å². The summed E-state index contributed by atoms with van der Waals surface area (Å²) in [6, 6.07) is 8.93. The maximum absolute atomic E-state index is 12.6. The number of aryl methyl sites for hydroxylation is 1. The molecule has 0 aliphatic rings. The third-order valence-electron chi connectivity index (χ3n) is 5.38. The number of nitrogens with two attached hydrogens (primary N) is 1. The van der Waals surface area contributed by atoms with Gasteiger partial charge in [0.05, 0.1) is 18.8 Å². The standard InChI is InChI=1S/C22H23N11O/c1-12(20-26-13(2)28-30-20)25-22(34)16-5-3-14(4-6-16)10-33-11-15(9-24-33)7-17-8-18(23)27-21-19(17)29-32-31-21/h3-6,8-9,11-12H,7,10H2,1-2H3,(H,25,34)(H,26,28,30)(H3,23,27,29,31,32). The largest absolute Gasteiger partial charge is 0.384 e. The number of nitrogens with one attached hydrogen (secondary N) is 3. The van der Waals surface area contributed by atoms with Crippen molar-refractivity contribution >= 4 is 22.9 Å². The normalized spacial score (nSPS) is 12.2. The molecule has 0 saturated heterocycles. The first kappa shape index (κ1) is 21.2. The van der Waals surface area contributed by atoms with E-state index in [4.69, 9.17) is 5.73 Å². The van der Waals surface area contributed by atoms with Gasteiger partial charge in [0.2, 0.25) is 5.65 Å². The van der Waals surface area contributed by atoms with Gasteiger partial charge < -0.3 is 11.1 Å². The van der Waals surface area contributed by atoms with E-state index in [9.17, 15) is 4.79 Å². The molecule has 5 aromatic rings. The van der Waals surface area contributed by atoms with Crippen molar-refractivity contribution in [3.8, 4) is 0 Å². The Bertz CT molecular complexity index is 1450. The van der Waals surface area contributed by atoms with Gasteiger partial charge in [-0.3, -0.25) is 14.6 Å². The van der Waals surface area contributed by atoms with Crippen molar-refractivity contribution in [3.63, 3.8) is 0 Å². The number of nitrogen functional groups attached to an aromatic ring is 1. The first-order valence-electron chi connectivity index (χ1n) is 10.7. The van der Waals surface area contributed by atoms with E-state index < -0.39 is 0 Å². The number of fused-ring (bicyclic) bond motifs is 1. The Labute approximate surface area is 194 Å². The molecule has 1 atom stereocenters. The third-order valence-corrected chi connectivity index (χ3v) is 5.38. The second kappa shape index (κ2) is 8.73. The Morgan fingerprint density at radius 2 is 1.97 bits per heavy atom. The predicted octanol–water partition coefficient (Wildman–Crippen LogP) is 1.69. The second-order valence-corrected chi connectivity index (χ2v) is 8.10. The SMILES string of the molecule is Cc1nc(C(C)NC(=O)c2ccc(Cn3cc(Cc4cc(N)nc5n[nH]nc45)cn3)cc2)n[nH]1. The van der Waals surface area contributed by atoms with Crippen molar-refractivity contribution in [3.05, 3.63) is 76.6 Å². The van der Waals surface area contributed by atoms with Crippen molar-refractivity contribution in [2.45, 2.75) is 32.9 Å². The molecule has 0 radical (unpaired) electrons. The maximum Gasteiger partial charge on any atom is 0.251 e. The lowest BCUT2D eigenvalue weighted by atomic mass is 10.1. The molecule has 1 aromatic carbocycles. The molecule has 1 amide bonds. The van der Waals surface area contributed by atoms with Gasteiger partial charge in [0.15, 0.2) is 5.82 Å². The van der Waals surface area contributed by atoms with Gasteiger partial charge in [-0.15, -0.1) is 5.10 Å². The zero-order valence-corrected chi connectivity index (χ0v) is 18.6. The molecule has 0 bridgehead atoms. The second-order valence-electron chi connectivity index (χ2n) is 8.10. The van der Waals surface area contributed by atoms with E-state index in [0.717, 1.165) is 16.7 Å². The van der Waals surface area contributed by atoms with Crippen LogP contribution >= 0.6 is 0 Å². The number of pyridine rings is 1. The van der Waals surface area contributed by atoms with Crippen molar-refractivity contribution in [2.75, 3.05) is 5.73 Å². The molecule has 0 aliphatic carbocycles. The fraction of sp³-hybridized carbons (Fsp3) is 0.227. The molecular formula is C22H23N11O. The number of carbonyl (C=O) groups is 1. The van der Waals surface area contributed by atoms with Crippen molar-refractivity contribution in [2.24, 2.45) is 0 Å². The molecular weight excluding hydrogens is 434 g/mol. The van der Waals surface area contributed by atoms with Gasteiger partial charge in [0, 0.05) is 18.2 Å². The number of carbonyl (C=O) groups excluding carboxylic acids is 1. The zero-order chi connectivity index (χ0) is 23.7. The van der Waals surface area contributed by atoms with Gasteiger partial charge in [-0.2, -0.15) is 20.5 Å². The van der Waals surface area contributed by atoms with E-state index in [0.29, 0.717) is 47.2 Å². The lowest BCUT2D eigenvalue weighted by molar-refractivity contribution is 0.0938. The monoisotopic (exact) mass is 457 g/mol. The predicted molar refractivity (Wildman–Crippen MR) is 124 cm³/mol. The summed E-state index contributed by atoms with van der Waals surface area (Å²) in [5.74, 6) is 1.48. The minimum Gasteiger partial charge on any atom is -0.384 e. The highest BCUT2D eigenvalue weighted by atomic mass is 16.1. The van der Waals surface area contributed by atoms with Gasteiger partial charge in [-0.25, -0.2) is 9.97 Å². The minimum atomic E-state index is -0.297. The Hall–Kier alpha value is -4.61. The van der Waals surface area contributed by atoms with Crippen LogP contribution in [-0.4, -0.2) is 51.3 Å². The molecule has 4 heterocycles. The highest BCUT2D eigenvalue weighted by Gasteiger charge is 2.15. The van der Waals surface area contributed by atoms with Crippen LogP contribution < -0.4 is 11.1 Å². The number of hydrogen-bond acceptors (Lipinski definition) is 8. The average Bonchev–Trinajstić information content (AvgIpc) is 3.55. The van der Waals surface area contributed by atoms with Crippen LogP contribution in [0, 0.1) is 6.92 Å². The number of aromatic amines is 2. The van der Waals surface area contributed by atoms with Crippen molar-refractivity contribution in [1.82, 2.24) is 50.7 Å². The summed E-state index contributed by atoms with van der Waals surface area (Å²) < 4.78 is 1.85. The van der Waals surface area contributed by atoms with Gasteiger partial charge in [-0.05, 0) is 48.7 Å². The molecule has 1 unspecified atom stereocenters. The summed E-state index contributed by atoms with van der Waals surface area (Å²) in [6.45, 7) is 4.24. The molecule has 0 fully saturated rings. The van der Waals surface area contributed by atoms with Gasteiger partial charge in [0.25, 0.3) is 5.91 Å². The molecule has 5 N–H and O–H groups in total. The van der Waals surface area contributed by atoms with Gasteiger partial charge >= 0.3 is 0 Å². The number of rotatable bonds is 7. The van der Waals surface area contributed by atoms with Crippen LogP contribution in [0.25, 0.3) is 11.2 Å². The first-order chi connectivity index (χ1) is 16.4. The van der Waals surface area contributed by atoms with Gasteiger partial charge in [-0.1, -0.05) is 12.1 Å². The van der Waals surface area contributed by atoms with Crippen molar-refractivity contribution in [1.29, 1.82) is 0 Å². The number of benzene rings is 1. The summed E-state index contributed by atoms with van der Waals surface area (Å²) >= 11 is 0.